The molecule has 3 rings (SSSR count). The van der Waals surface area contributed by atoms with Gasteiger partial charge in [0.2, 0.25) is 5.88 Å². The van der Waals surface area contributed by atoms with Gasteiger partial charge in [0.05, 0.1) is 5.56 Å². The molecule has 0 spiro atoms. The zero-order chi connectivity index (χ0) is 15.7. The largest absolute Gasteiger partial charge is 0.438 e. The van der Waals surface area contributed by atoms with Crippen molar-refractivity contribution < 1.29 is 4.42 Å². The van der Waals surface area contributed by atoms with Crippen molar-refractivity contribution in [2.24, 2.45) is 4.99 Å². The zero-order valence-corrected chi connectivity index (χ0v) is 13.4. The van der Waals surface area contributed by atoms with Gasteiger partial charge in [-0.05, 0) is 30.2 Å². The quantitative estimate of drug-likeness (QED) is 0.497. The van der Waals surface area contributed by atoms with Crippen LogP contribution in [-0.2, 0) is 0 Å². The molecule has 1 aromatic heterocycles. The highest BCUT2D eigenvalue weighted by atomic mass is 35.5. The Balaban J connectivity index is 2.25. The van der Waals surface area contributed by atoms with E-state index in [9.17, 15) is 0 Å². The van der Waals surface area contributed by atoms with Crippen LogP contribution in [0.2, 0.25) is 0 Å². The van der Waals surface area contributed by atoms with Crippen molar-refractivity contribution in [3.8, 4) is 11.1 Å². The fraction of sp³-hybridized carbons (Fsp3) is 0.0556. The Bertz CT molecular complexity index is 875. The van der Waals surface area contributed by atoms with E-state index >= 15 is 0 Å². The second kappa shape index (κ2) is 5.99. The van der Waals surface area contributed by atoms with Gasteiger partial charge < -0.3 is 4.42 Å². The van der Waals surface area contributed by atoms with E-state index in [1.165, 1.54) is 0 Å². The number of nitrogens with zero attached hydrogens (tertiary/aromatic N) is 1. The smallest absolute Gasteiger partial charge is 0.229 e. The molecular formula is C18H13Cl2NO. The van der Waals surface area contributed by atoms with E-state index < -0.39 is 0 Å². The topological polar surface area (TPSA) is 25.5 Å². The summed E-state index contributed by atoms with van der Waals surface area (Å²) in [5, 5.41) is 1.63. The molecule has 22 heavy (non-hydrogen) atoms. The predicted octanol–water partition coefficient (Wildman–Crippen LogP) is 6.60. The molecule has 0 unspecified atom stereocenters. The summed E-state index contributed by atoms with van der Waals surface area (Å²) in [4.78, 5) is 4.19. The lowest BCUT2D eigenvalue weighted by Gasteiger charge is -2.02. The molecule has 0 aliphatic heterocycles. The number of halogens is 2. The standard InChI is InChI=1S/C18H13Cl2NO/c1-11(19)17-15-10-14(13-6-4-3-5-7-13)8-9-16(15)22-18(17)21-12(2)20/h3-10H,1H2,2H3/b21-12+. The number of aliphatic imine (C=N–C) groups is 1. The molecule has 0 atom stereocenters. The highest BCUT2D eigenvalue weighted by Crippen LogP contribution is 2.40. The average molecular weight is 330 g/mol. The first-order chi connectivity index (χ1) is 10.6. The van der Waals surface area contributed by atoms with Gasteiger partial charge in [0.25, 0.3) is 0 Å². The van der Waals surface area contributed by atoms with Crippen LogP contribution < -0.4 is 0 Å². The molecule has 110 valence electrons. The minimum Gasteiger partial charge on any atom is -0.438 e. The van der Waals surface area contributed by atoms with E-state index in [1.807, 2.05) is 36.4 Å². The summed E-state index contributed by atoms with van der Waals surface area (Å²) < 4.78 is 5.74. The molecule has 2 nitrogen and oxygen atoms in total. The van der Waals surface area contributed by atoms with Gasteiger partial charge in [0, 0.05) is 10.4 Å². The summed E-state index contributed by atoms with van der Waals surface area (Å²) in [6, 6.07) is 16.0. The Morgan fingerprint density at radius 2 is 1.77 bits per heavy atom. The first-order valence-electron chi connectivity index (χ1n) is 6.74. The van der Waals surface area contributed by atoms with Crippen LogP contribution >= 0.6 is 23.2 Å². The van der Waals surface area contributed by atoms with E-state index in [0.717, 1.165) is 16.5 Å². The number of rotatable bonds is 3. The average Bonchev–Trinajstić information content (AvgIpc) is 2.84. The van der Waals surface area contributed by atoms with Crippen LogP contribution in [0, 0.1) is 0 Å². The van der Waals surface area contributed by atoms with Gasteiger partial charge >= 0.3 is 0 Å². The SMILES string of the molecule is C=C(Cl)c1c(/N=C(\C)Cl)oc2ccc(-c3ccccc3)cc12. The second-order valence-electron chi connectivity index (χ2n) is 4.87. The normalized spacial score (nSPS) is 11.9. The van der Waals surface area contributed by atoms with Crippen molar-refractivity contribution in [1.82, 2.24) is 0 Å². The number of hydrogen-bond donors (Lipinski definition) is 0. The van der Waals surface area contributed by atoms with E-state index in [4.69, 9.17) is 27.6 Å². The fourth-order valence-corrected chi connectivity index (χ4v) is 2.64. The Morgan fingerprint density at radius 3 is 2.41 bits per heavy atom. The summed E-state index contributed by atoms with van der Waals surface area (Å²) in [5.41, 5.74) is 3.57. The molecule has 1 heterocycles. The van der Waals surface area contributed by atoms with Gasteiger partial charge in [-0.2, -0.15) is 0 Å². The number of fused-ring (bicyclic) bond motifs is 1. The summed E-state index contributed by atoms with van der Waals surface area (Å²) in [7, 11) is 0. The van der Waals surface area contributed by atoms with E-state index in [-0.39, 0.29) is 0 Å². The van der Waals surface area contributed by atoms with Crippen molar-refractivity contribution >= 4 is 50.3 Å². The molecule has 0 saturated carbocycles. The van der Waals surface area contributed by atoms with Crippen molar-refractivity contribution in [1.29, 1.82) is 0 Å². The maximum atomic E-state index is 6.14. The molecule has 0 aliphatic rings. The van der Waals surface area contributed by atoms with Gasteiger partial charge in [-0.3, -0.25) is 0 Å². The van der Waals surface area contributed by atoms with Crippen LogP contribution in [0.15, 0.2) is 64.5 Å². The van der Waals surface area contributed by atoms with Gasteiger partial charge in [-0.1, -0.05) is 66.2 Å². The lowest BCUT2D eigenvalue weighted by Crippen LogP contribution is -1.79. The predicted molar refractivity (Wildman–Crippen MR) is 95.2 cm³/mol. The molecule has 0 radical (unpaired) electrons. The van der Waals surface area contributed by atoms with Gasteiger partial charge in [0.1, 0.15) is 10.8 Å². The molecule has 0 fully saturated rings. The van der Waals surface area contributed by atoms with Crippen LogP contribution in [0.1, 0.15) is 12.5 Å². The maximum absolute atomic E-state index is 6.14. The zero-order valence-electron chi connectivity index (χ0n) is 11.9. The minimum atomic E-state index is 0.376. The third-order valence-electron chi connectivity index (χ3n) is 3.30. The summed E-state index contributed by atoms with van der Waals surface area (Å²) in [5.74, 6) is 0.382. The van der Waals surface area contributed by atoms with Crippen LogP contribution in [0.25, 0.3) is 27.1 Å². The molecule has 0 bridgehead atoms. The Hall–Kier alpha value is -2.03. The lowest BCUT2D eigenvalue weighted by molar-refractivity contribution is 0.625. The van der Waals surface area contributed by atoms with Gasteiger partial charge in [0.15, 0.2) is 0 Å². The highest BCUT2D eigenvalue weighted by molar-refractivity contribution is 6.65. The number of benzene rings is 2. The van der Waals surface area contributed by atoms with Crippen LogP contribution in [0.5, 0.6) is 0 Å². The number of hydrogen-bond acceptors (Lipinski definition) is 2. The third kappa shape index (κ3) is 2.80. The maximum Gasteiger partial charge on any atom is 0.229 e. The Labute approximate surface area is 138 Å². The highest BCUT2D eigenvalue weighted by Gasteiger charge is 2.16. The Morgan fingerprint density at radius 1 is 1.05 bits per heavy atom. The van der Waals surface area contributed by atoms with Gasteiger partial charge in [-0.25, -0.2) is 4.99 Å². The molecular weight excluding hydrogens is 317 g/mol. The monoisotopic (exact) mass is 329 g/mol. The summed E-state index contributed by atoms with van der Waals surface area (Å²) in [6.07, 6.45) is 0. The molecule has 0 saturated heterocycles. The molecule has 0 N–H and O–H groups in total. The van der Waals surface area contributed by atoms with E-state index in [1.54, 1.807) is 6.92 Å². The van der Waals surface area contributed by atoms with Crippen molar-refractivity contribution in [2.45, 2.75) is 6.92 Å². The molecule has 0 amide bonds. The number of furan rings is 1. The molecule has 4 heteroatoms. The van der Waals surface area contributed by atoms with Crippen molar-refractivity contribution in [3.05, 3.63) is 60.7 Å². The van der Waals surface area contributed by atoms with E-state index in [2.05, 4.69) is 23.7 Å². The van der Waals surface area contributed by atoms with E-state index in [0.29, 0.717) is 27.2 Å². The molecule has 3 aromatic rings. The Kier molecular flexibility index (Phi) is 4.06. The minimum absolute atomic E-state index is 0.376. The molecule has 2 aromatic carbocycles. The van der Waals surface area contributed by atoms with Gasteiger partial charge in [-0.15, -0.1) is 0 Å². The third-order valence-corrected chi connectivity index (χ3v) is 3.58. The summed E-state index contributed by atoms with van der Waals surface area (Å²) in [6.45, 7) is 5.50. The van der Waals surface area contributed by atoms with Crippen molar-refractivity contribution in [3.63, 3.8) is 0 Å². The van der Waals surface area contributed by atoms with Crippen LogP contribution in [0.4, 0.5) is 5.88 Å². The first-order valence-corrected chi connectivity index (χ1v) is 7.49. The van der Waals surface area contributed by atoms with Crippen LogP contribution in [-0.4, -0.2) is 5.17 Å². The fourth-order valence-electron chi connectivity index (χ4n) is 2.38. The second-order valence-corrected chi connectivity index (χ2v) is 5.88. The molecule has 0 aliphatic carbocycles. The summed E-state index contributed by atoms with van der Waals surface area (Å²) >= 11 is 12.0. The lowest BCUT2D eigenvalue weighted by atomic mass is 10.0. The van der Waals surface area contributed by atoms with Crippen LogP contribution in [0.3, 0.4) is 0 Å². The van der Waals surface area contributed by atoms with Crippen molar-refractivity contribution in [2.75, 3.05) is 0 Å². The first kappa shape index (κ1) is 14.9.